The van der Waals surface area contributed by atoms with Gasteiger partial charge in [-0.05, 0) is 18.6 Å². The van der Waals surface area contributed by atoms with Gasteiger partial charge in [-0.3, -0.25) is 4.79 Å². The number of amides is 1. The minimum atomic E-state index is -0.529. The van der Waals surface area contributed by atoms with Crippen LogP contribution in [0.25, 0.3) is 0 Å². The van der Waals surface area contributed by atoms with Crippen molar-refractivity contribution in [2.45, 2.75) is 32.3 Å². The van der Waals surface area contributed by atoms with Crippen molar-refractivity contribution >= 4 is 11.6 Å². The molecular formula is C12H17NO2. The molecule has 3 nitrogen and oxygen atoms in total. The highest BCUT2D eigenvalue weighted by Crippen LogP contribution is 2.07. The summed E-state index contributed by atoms with van der Waals surface area (Å²) in [5.41, 5.74) is 0.770. The van der Waals surface area contributed by atoms with Gasteiger partial charge in [0.05, 0.1) is 12.5 Å². The van der Waals surface area contributed by atoms with Crippen molar-refractivity contribution in [2.75, 3.05) is 5.32 Å². The summed E-state index contributed by atoms with van der Waals surface area (Å²) < 4.78 is 0. The van der Waals surface area contributed by atoms with E-state index in [1.54, 1.807) is 0 Å². The molecule has 1 amide bonds. The molecule has 0 heterocycles. The Morgan fingerprint density at radius 2 is 2.07 bits per heavy atom. The number of anilines is 1. The number of aliphatic hydroxyl groups is 1. The van der Waals surface area contributed by atoms with Crippen LogP contribution in [-0.2, 0) is 4.79 Å². The van der Waals surface area contributed by atoms with Crippen LogP contribution in [0.2, 0.25) is 0 Å². The van der Waals surface area contributed by atoms with Crippen molar-refractivity contribution in [3.05, 3.63) is 30.3 Å². The largest absolute Gasteiger partial charge is 0.393 e. The third-order valence-corrected chi connectivity index (χ3v) is 2.10. The van der Waals surface area contributed by atoms with Crippen LogP contribution in [-0.4, -0.2) is 17.1 Å². The van der Waals surface area contributed by atoms with Crippen molar-refractivity contribution < 1.29 is 9.90 Å². The van der Waals surface area contributed by atoms with Crippen LogP contribution >= 0.6 is 0 Å². The fourth-order valence-corrected chi connectivity index (χ4v) is 1.38. The number of hydrogen-bond donors (Lipinski definition) is 2. The molecule has 0 aliphatic heterocycles. The minimum absolute atomic E-state index is 0.137. The smallest absolute Gasteiger partial charge is 0.226 e. The summed E-state index contributed by atoms with van der Waals surface area (Å²) in [5.74, 6) is -0.137. The number of para-hydroxylation sites is 1. The second kappa shape index (κ2) is 6.19. The SMILES string of the molecule is CCCC(O)CC(=O)Nc1ccccc1. The molecule has 15 heavy (non-hydrogen) atoms. The molecule has 0 saturated heterocycles. The Labute approximate surface area is 90.1 Å². The maximum atomic E-state index is 11.4. The fourth-order valence-electron chi connectivity index (χ4n) is 1.38. The average molecular weight is 207 g/mol. The summed E-state index contributed by atoms with van der Waals surface area (Å²) >= 11 is 0. The van der Waals surface area contributed by atoms with Crippen LogP contribution in [0.5, 0.6) is 0 Å². The van der Waals surface area contributed by atoms with Gasteiger partial charge < -0.3 is 10.4 Å². The van der Waals surface area contributed by atoms with Gasteiger partial charge in [-0.1, -0.05) is 31.5 Å². The molecule has 1 atom stereocenters. The van der Waals surface area contributed by atoms with E-state index in [2.05, 4.69) is 5.32 Å². The topological polar surface area (TPSA) is 49.3 Å². The molecule has 0 aliphatic carbocycles. The molecule has 0 spiro atoms. The zero-order chi connectivity index (χ0) is 11.1. The molecule has 0 fully saturated rings. The average Bonchev–Trinajstić information content (AvgIpc) is 2.19. The first-order valence-electron chi connectivity index (χ1n) is 5.25. The molecule has 1 aromatic carbocycles. The molecule has 1 aromatic rings. The van der Waals surface area contributed by atoms with Gasteiger partial charge in [0.2, 0.25) is 5.91 Å². The predicted molar refractivity (Wildman–Crippen MR) is 60.6 cm³/mol. The van der Waals surface area contributed by atoms with Gasteiger partial charge in [0.25, 0.3) is 0 Å². The lowest BCUT2D eigenvalue weighted by Crippen LogP contribution is -2.19. The molecule has 1 unspecified atom stereocenters. The highest BCUT2D eigenvalue weighted by atomic mass is 16.3. The molecule has 3 heteroatoms. The van der Waals surface area contributed by atoms with Crippen molar-refractivity contribution in [2.24, 2.45) is 0 Å². The molecule has 0 aliphatic rings. The van der Waals surface area contributed by atoms with E-state index in [-0.39, 0.29) is 12.3 Å². The first-order valence-corrected chi connectivity index (χ1v) is 5.25. The van der Waals surface area contributed by atoms with Crippen LogP contribution < -0.4 is 5.32 Å². The standard InChI is InChI=1S/C12H17NO2/c1-2-6-11(14)9-12(15)13-10-7-4-3-5-8-10/h3-5,7-8,11,14H,2,6,9H2,1H3,(H,13,15). The second-order valence-corrected chi connectivity index (χ2v) is 3.56. The van der Waals surface area contributed by atoms with Gasteiger partial charge >= 0.3 is 0 Å². The molecule has 82 valence electrons. The van der Waals surface area contributed by atoms with E-state index in [0.717, 1.165) is 12.1 Å². The normalized spacial score (nSPS) is 12.1. The van der Waals surface area contributed by atoms with Crippen LogP contribution in [0.4, 0.5) is 5.69 Å². The zero-order valence-electron chi connectivity index (χ0n) is 8.94. The summed E-state index contributed by atoms with van der Waals surface area (Å²) in [6.07, 6.45) is 1.20. The number of benzene rings is 1. The Kier molecular flexibility index (Phi) is 4.84. The third kappa shape index (κ3) is 4.61. The summed E-state index contributed by atoms with van der Waals surface area (Å²) in [5, 5.41) is 12.2. The van der Waals surface area contributed by atoms with Gasteiger partial charge in [0.1, 0.15) is 0 Å². The number of hydrogen-bond acceptors (Lipinski definition) is 2. The van der Waals surface area contributed by atoms with Crippen LogP contribution in [0.15, 0.2) is 30.3 Å². The summed E-state index contributed by atoms with van der Waals surface area (Å²) in [7, 11) is 0. The number of carbonyl (C=O) groups excluding carboxylic acids is 1. The summed E-state index contributed by atoms with van der Waals surface area (Å²) in [4.78, 5) is 11.4. The van der Waals surface area contributed by atoms with Gasteiger partial charge in [-0.2, -0.15) is 0 Å². The number of carbonyl (C=O) groups is 1. The molecule has 1 rings (SSSR count). The van der Waals surface area contributed by atoms with Crippen molar-refractivity contribution in [3.8, 4) is 0 Å². The molecule has 2 N–H and O–H groups in total. The predicted octanol–water partition coefficient (Wildman–Crippen LogP) is 2.18. The highest BCUT2D eigenvalue weighted by molar-refractivity contribution is 5.90. The molecular weight excluding hydrogens is 190 g/mol. The van der Waals surface area contributed by atoms with Crippen molar-refractivity contribution in [1.82, 2.24) is 0 Å². The van der Waals surface area contributed by atoms with Crippen molar-refractivity contribution in [1.29, 1.82) is 0 Å². The van der Waals surface area contributed by atoms with E-state index in [1.807, 2.05) is 37.3 Å². The minimum Gasteiger partial charge on any atom is -0.393 e. The third-order valence-electron chi connectivity index (χ3n) is 2.10. The summed E-state index contributed by atoms with van der Waals surface area (Å²) in [6.45, 7) is 1.98. The Morgan fingerprint density at radius 3 is 2.67 bits per heavy atom. The van der Waals surface area contributed by atoms with Gasteiger partial charge in [-0.25, -0.2) is 0 Å². The maximum Gasteiger partial charge on any atom is 0.226 e. The maximum absolute atomic E-state index is 11.4. The van der Waals surface area contributed by atoms with Crippen LogP contribution in [0, 0.1) is 0 Å². The number of aliphatic hydroxyl groups excluding tert-OH is 1. The molecule has 0 saturated carbocycles. The highest BCUT2D eigenvalue weighted by Gasteiger charge is 2.09. The van der Waals surface area contributed by atoms with E-state index >= 15 is 0 Å². The lowest BCUT2D eigenvalue weighted by molar-refractivity contribution is -0.118. The Balaban J connectivity index is 2.36. The first kappa shape index (κ1) is 11.7. The Morgan fingerprint density at radius 1 is 1.40 bits per heavy atom. The van der Waals surface area contributed by atoms with E-state index in [4.69, 9.17) is 0 Å². The fraction of sp³-hybridized carbons (Fsp3) is 0.417. The van der Waals surface area contributed by atoms with E-state index in [1.165, 1.54) is 0 Å². The Hall–Kier alpha value is -1.35. The van der Waals surface area contributed by atoms with Gasteiger partial charge in [-0.15, -0.1) is 0 Å². The second-order valence-electron chi connectivity index (χ2n) is 3.56. The molecule has 0 aromatic heterocycles. The molecule has 0 bridgehead atoms. The monoisotopic (exact) mass is 207 g/mol. The van der Waals surface area contributed by atoms with Gasteiger partial charge in [0.15, 0.2) is 0 Å². The Bertz CT molecular complexity index is 298. The van der Waals surface area contributed by atoms with Crippen LogP contribution in [0.3, 0.4) is 0 Å². The lowest BCUT2D eigenvalue weighted by Gasteiger charge is -2.09. The quantitative estimate of drug-likeness (QED) is 0.777. The molecule has 0 radical (unpaired) electrons. The van der Waals surface area contributed by atoms with Crippen LogP contribution in [0.1, 0.15) is 26.2 Å². The van der Waals surface area contributed by atoms with E-state index < -0.39 is 6.10 Å². The number of nitrogens with one attached hydrogen (secondary N) is 1. The summed E-state index contributed by atoms with van der Waals surface area (Å²) in [6, 6.07) is 9.26. The van der Waals surface area contributed by atoms with Crippen molar-refractivity contribution in [3.63, 3.8) is 0 Å². The van der Waals surface area contributed by atoms with E-state index in [0.29, 0.717) is 6.42 Å². The van der Waals surface area contributed by atoms with E-state index in [9.17, 15) is 9.90 Å². The lowest BCUT2D eigenvalue weighted by atomic mass is 10.1. The zero-order valence-corrected chi connectivity index (χ0v) is 8.94. The number of rotatable bonds is 5. The first-order chi connectivity index (χ1) is 7.22. The van der Waals surface area contributed by atoms with Gasteiger partial charge in [0, 0.05) is 5.69 Å².